The van der Waals surface area contributed by atoms with Gasteiger partial charge >= 0.3 is 0 Å². The second-order valence-electron chi connectivity index (χ2n) is 2.75. The van der Waals surface area contributed by atoms with Gasteiger partial charge in [-0.3, -0.25) is 0 Å². The highest BCUT2D eigenvalue weighted by molar-refractivity contribution is 6.99. The van der Waals surface area contributed by atoms with E-state index in [0.29, 0.717) is 12.1 Å². The molecule has 0 spiro atoms. The number of aromatic nitrogens is 4. The van der Waals surface area contributed by atoms with Gasteiger partial charge in [0.25, 0.3) is 0 Å². The molecule has 2 aromatic rings. The third-order valence-electron chi connectivity index (χ3n) is 1.76. The maximum atomic E-state index is 9.74. The van der Waals surface area contributed by atoms with Crippen LogP contribution in [0.5, 0.6) is 0 Å². The molecule has 0 radical (unpaired) electrons. The Bertz CT molecular complexity index is 378. The van der Waals surface area contributed by atoms with Crippen LogP contribution in [0.1, 0.15) is 17.5 Å². The molecule has 6 heteroatoms. The highest BCUT2D eigenvalue weighted by atomic mass is 32.1. The van der Waals surface area contributed by atoms with E-state index >= 15 is 0 Å². The number of hydrogen-bond acceptors (Lipinski definition) is 6. The number of nitrogens with zero attached hydrogens (tertiary/aromatic N) is 4. The minimum Gasteiger partial charge on any atom is -0.386 e. The smallest absolute Gasteiger partial charge is 0.115 e. The van der Waals surface area contributed by atoms with Gasteiger partial charge in [0.05, 0.1) is 29.3 Å². The third-order valence-corrected chi connectivity index (χ3v) is 2.27. The molecule has 1 unspecified atom stereocenters. The molecular weight excluding hydrogens is 200 g/mol. The maximum Gasteiger partial charge on any atom is 0.115 e. The van der Waals surface area contributed by atoms with Crippen LogP contribution in [-0.4, -0.2) is 23.8 Å². The Morgan fingerprint density at radius 1 is 1.50 bits per heavy atom. The first-order valence-corrected chi connectivity index (χ1v) is 4.79. The van der Waals surface area contributed by atoms with Crippen LogP contribution in [0, 0.1) is 0 Å². The maximum absolute atomic E-state index is 9.74. The van der Waals surface area contributed by atoms with Crippen molar-refractivity contribution < 1.29 is 5.11 Å². The molecule has 0 aromatic carbocycles. The third kappa shape index (κ3) is 2.09. The van der Waals surface area contributed by atoms with E-state index in [1.165, 1.54) is 6.33 Å². The molecule has 0 fully saturated rings. The van der Waals surface area contributed by atoms with Crippen LogP contribution in [0.2, 0.25) is 0 Å². The Kier molecular flexibility index (Phi) is 2.76. The Labute approximate surface area is 84.8 Å². The van der Waals surface area contributed by atoms with E-state index in [4.69, 9.17) is 0 Å². The first-order valence-electron chi connectivity index (χ1n) is 4.06. The summed E-state index contributed by atoms with van der Waals surface area (Å²) in [6, 6.07) is 1.68. The molecule has 0 saturated heterocycles. The molecule has 1 atom stereocenters. The van der Waals surface area contributed by atoms with E-state index < -0.39 is 6.10 Å². The van der Waals surface area contributed by atoms with Crippen molar-refractivity contribution in [1.29, 1.82) is 0 Å². The van der Waals surface area contributed by atoms with Gasteiger partial charge < -0.3 is 5.11 Å². The van der Waals surface area contributed by atoms with Crippen molar-refractivity contribution in [2.24, 2.45) is 0 Å². The number of aliphatic hydroxyl groups excluding tert-OH is 1. The molecule has 0 saturated carbocycles. The van der Waals surface area contributed by atoms with E-state index in [-0.39, 0.29) is 0 Å². The summed E-state index contributed by atoms with van der Waals surface area (Å²) in [5.41, 5.74) is 1.38. The van der Waals surface area contributed by atoms with Crippen molar-refractivity contribution in [2.45, 2.75) is 12.5 Å². The zero-order valence-electron chi connectivity index (χ0n) is 7.24. The topological polar surface area (TPSA) is 71.8 Å². The van der Waals surface area contributed by atoms with Gasteiger partial charge in [-0.15, -0.1) is 0 Å². The van der Waals surface area contributed by atoms with Gasteiger partial charge in [-0.25, -0.2) is 9.97 Å². The lowest BCUT2D eigenvalue weighted by Crippen LogP contribution is -2.04. The molecule has 2 heterocycles. The summed E-state index contributed by atoms with van der Waals surface area (Å²) in [6.45, 7) is 0. The van der Waals surface area contributed by atoms with E-state index in [1.807, 2.05) is 0 Å². The fourth-order valence-electron chi connectivity index (χ4n) is 1.07. The molecule has 1 N–H and O–H groups in total. The molecule has 14 heavy (non-hydrogen) atoms. The monoisotopic (exact) mass is 208 g/mol. The van der Waals surface area contributed by atoms with Crippen LogP contribution in [-0.2, 0) is 6.42 Å². The Hall–Kier alpha value is -1.40. The minimum absolute atomic E-state index is 0.438. The van der Waals surface area contributed by atoms with Gasteiger partial charge in [-0.05, 0) is 6.07 Å². The molecule has 0 aliphatic rings. The van der Waals surface area contributed by atoms with E-state index in [1.54, 1.807) is 18.5 Å². The quantitative estimate of drug-likeness (QED) is 0.799. The number of rotatable bonds is 3. The zero-order chi connectivity index (χ0) is 9.80. The molecule has 2 aromatic heterocycles. The molecule has 0 aliphatic carbocycles. The number of hydrogen-bond donors (Lipinski definition) is 1. The minimum atomic E-state index is -0.637. The summed E-state index contributed by atoms with van der Waals surface area (Å²) in [5, 5.41) is 9.74. The Morgan fingerprint density at radius 2 is 2.43 bits per heavy atom. The van der Waals surface area contributed by atoms with Gasteiger partial charge in [-0.1, -0.05) is 0 Å². The van der Waals surface area contributed by atoms with Crippen molar-refractivity contribution in [1.82, 2.24) is 18.7 Å². The Balaban J connectivity index is 2.07. The highest BCUT2D eigenvalue weighted by Crippen LogP contribution is 2.13. The molecule has 0 bridgehead atoms. The lowest BCUT2D eigenvalue weighted by atomic mass is 10.1. The summed E-state index contributed by atoms with van der Waals surface area (Å²) in [7, 11) is 0. The fraction of sp³-hybridized carbons (Fsp3) is 0.250. The fourth-order valence-corrected chi connectivity index (χ4v) is 1.52. The van der Waals surface area contributed by atoms with Gasteiger partial charge in [-0.2, -0.15) is 8.75 Å². The summed E-state index contributed by atoms with van der Waals surface area (Å²) >= 11 is 1.13. The SMILES string of the molecule is OC(Cc1cnsn1)c1ccncn1. The Morgan fingerprint density at radius 3 is 3.07 bits per heavy atom. The average Bonchev–Trinajstić information content (AvgIpc) is 2.72. The van der Waals surface area contributed by atoms with Gasteiger partial charge in [0.15, 0.2) is 0 Å². The van der Waals surface area contributed by atoms with Crippen LogP contribution in [0.15, 0.2) is 24.8 Å². The normalized spacial score (nSPS) is 12.6. The molecule has 72 valence electrons. The predicted octanol–water partition coefficient (Wildman–Crippen LogP) is 0.604. The largest absolute Gasteiger partial charge is 0.386 e. The molecule has 0 aliphatic heterocycles. The first-order chi connectivity index (χ1) is 6.86. The summed E-state index contributed by atoms with van der Waals surface area (Å²) in [5.74, 6) is 0. The van der Waals surface area contributed by atoms with Crippen LogP contribution in [0.3, 0.4) is 0 Å². The second-order valence-corrected chi connectivity index (χ2v) is 3.31. The van der Waals surface area contributed by atoms with E-state index in [0.717, 1.165) is 17.4 Å². The summed E-state index contributed by atoms with van der Waals surface area (Å²) < 4.78 is 7.86. The summed E-state index contributed by atoms with van der Waals surface area (Å²) in [4.78, 5) is 7.73. The molecule has 2 rings (SSSR count). The van der Waals surface area contributed by atoms with Crippen molar-refractivity contribution in [3.8, 4) is 0 Å². The van der Waals surface area contributed by atoms with Crippen molar-refractivity contribution in [3.63, 3.8) is 0 Å². The van der Waals surface area contributed by atoms with Crippen molar-refractivity contribution >= 4 is 11.7 Å². The van der Waals surface area contributed by atoms with Crippen LogP contribution >= 0.6 is 11.7 Å². The van der Waals surface area contributed by atoms with E-state index in [2.05, 4.69) is 18.7 Å². The molecule has 0 amide bonds. The average molecular weight is 208 g/mol. The molecular formula is C8H8N4OS. The van der Waals surface area contributed by atoms with Gasteiger partial charge in [0, 0.05) is 12.6 Å². The number of aliphatic hydroxyl groups is 1. The van der Waals surface area contributed by atoms with E-state index in [9.17, 15) is 5.11 Å². The molecule has 5 nitrogen and oxygen atoms in total. The first kappa shape index (κ1) is 9.17. The predicted molar refractivity (Wildman–Crippen MR) is 50.6 cm³/mol. The lowest BCUT2D eigenvalue weighted by Gasteiger charge is -2.06. The summed E-state index contributed by atoms with van der Waals surface area (Å²) in [6.07, 6.45) is 4.47. The van der Waals surface area contributed by atoms with Gasteiger partial charge in [0.2, 0.25) is 0 Å². The van der Waals surface area contributed by atoms with Crippen molar-refractivity contribution in [3.05, 3.63) is 36.2 Å². The van der Waals surface area contributed by atoms with Crippen molar-refractivity contribution in [2.75, 3.05) is 0 Å². The lowest BCUT2D eigenvalue weighted by molar-refractivity contribution is 0.172. The van der Waals surface area contributed by atoms with Crippen LogP contribution in [0.4, 0.5) is 0 Å². The van der Waals surface area contributed by atoms with Crippen LogP contribution in [0.25, 0.3) is 0 Å². The zero-order valence-corrected chi connectivity index (χ0v) is 8.05. The second kappa shape index (κ2) is 4.21. The van der Waals surface area contributed by atoms with Crippen LogP contribution < -0.4 is 0 Å². The standard InChI is InChI=1S/C8H8N4OS/c13-8(3-6-4-11-14-12-6)7-1-2-9-5-10-7/h1-2,4-5,8,13H,3H2. The highest BCUT2D eigenvalue weighted by Gasteiger charge is 2.10. The van der Waals surface area contributed by atoms with Gasteiger partial charge in [0.1, 0.15) is 12.4 Å².